The third-order valence-electron chi connectivity index (χ3n) is 3.54. The number of amides is 2. The number of carbonyl (C=O) groups excluding carboxylic acids is 1. The topological polar surface area (TPSA) is 116 Å². The second-order valence-electron chi connectivity index (χ2n) is 5.16. The van der Waals surface area contributed by atoms with Crippen LogP contribution < -0.4 is 10.6 Å². The van der Waals surface area contributed by atoms with Gasteiger partial charge in [-0.05, 0) is 31.9 Å². The fourth-order valence-electron chi connectivity index (χ4n) is 2.40. The first kappa shape index (κ1) is 17.6. The van der Waals surface area contributed by atoms with Gasteiger partial charge in [-0.3, -0.25) is 4.79 Å². The minimum Gasteiger partial charge on any atom is -0.481 e. The molecule has 0 heterocycles. The molecule has 0 radical (unpaired) electrons. The Morgan fingerprint density at radius 2 is 2.00 bits per heavy atom. The summed E-state index contributed by atoms with van der Waals surface area (Å²) in [4.78, 5) is 33.3. The van der Waals surface area contributed by atoms with Gasteiger partial charge in [0.05, 0.1) is 0 Å². The van der Waals surface area contributed by atoms with Gasteiger partial charge in [0.1, 0.15) is 6.04 Å². The van der Waals surface area contributed by atoms with E-state index in [1.807, 2.05) is 6.26 Å². The average molecular weight is 318 g/mol. The van der Waals surface area contributed by atoms with Crippen molar-refractivity contribution < 1.29 is 24.6 Å². The molecule has 1 fully saturated rings. The van der Waals surface area contributed by atoms with Crippen molar-refractivity contribution in [2.45, 2.75) is 55.9 Å². The standard InChI is InChI=1S/C13H22N2O5S/c1-21-9-4-2-3-8(7-9)14-13(20)15-10(12(18)19)5-6-11(16)17/h8-10H,2-7H2,1H3,(H,16,17)(H,18,19)(H2,14,15,20). The number of rotatable bonds is 7. The van der Waals surface area contributed by atoms with E-state index in [-0.39, 0.29) is 18.9 Å². The van der Waals surface area contributed by atoms with E-state index in [0.717, 1.165) is 25.7 Å². The Morgan fingerprint density at radius 1 is 1.29 bits per heavy atom. The maximum Gasteiger partial charge on any atom is 0.326 e. The van der Waals surface area contributed by atoms with Crippen LogP contribution in [0, 0.1) is 0 Å². The molecule has 0 saturated heterocycles. The predicted molar refractivity (Wildman–Crippen MR) is 79.5 cm³/mol. The molecule has 0 aromatic rings. The molecule has 2 amide bonds. The predicted octanol–water partition coefficient (Wildman–Crippen LogP) is 1.28. The van der Waals surface area contributed by atoms with Crippen LogP contribution in [0.1, 0.15) is 38.5 Å². The van der Waals surface area contributed by atoms with Crippen molar-refractivity contribution in [2.75, 3.05) is 6.26 Å². The number of carbonyl (C=O) groups is 3. The van der Waals surface area contributed by atoms with E-state index < -0.39 is 24.0 Å². The smallest absolute Gasteiger partial charge is 0.326 e. The first-order valence-electron chi connectivity index (χ1n) is 6.96. The number of thioether (sulfide) groups is 1. The van der Waals surface area contributed by atoms with E-state index in [2.05, 4.69) is 10.6 Å². The number of hydrogen-bond donors (Lipinski definition) is 4. The molecule has 0 aromatic carbocycles. The van der Waals surface area contributed by atoms with E-state index in [1.165, 1.54) is 0 Å². The Balaban J connectivity index is 2.42. The van der Waals surface area contributed by atoms with Gasteiger partial charge in [0, 0.05) is 17.7 Å². The lowest BCUT2D eigenvalue weighted by Gasteiger charge is -2.29. The lowest BCUT2D eigenvalue weighted by atomic mass is 9.95. The van der Waals surface area contributed by atoms with Crippen LogP contribution in [0.2, 0.25) is 0 Å². The van der Waals surface area contributed by atoms with Gasteiger partial charge in [-0.1, -0.05) is 6.42 Å². The molecular formula is C13H22N2O5S. The third-order valence-corrected chi connectivity index (χ3v) is 4.64. The van der Waals surface area contributed by atoms with Gasteiger partial charge in [-0.25, -0.2) is 9.59 Å². The fourth-order valence-corrected chi connectivity index (χ4v) is 3.23. The van der Waals surface area contributed by atoms with Gasteiger partial charge in [-0.2, -0.15) is 11.8 Å². The normalized spacial score (nSPS) is 23.1. The highest BCUT2D eigenvalue weighted by molar-refractivity contribution is 7.99. The second-order valence-corrected chi connectivity index (χ2v) is 6.30. The molecule has 0 aromatic heterocycles. The minimum atomic E-state index is -1.22. The Bertz CT molecular complexity index is 391. The van der Waals surface area contributed by atoms with E-state index in [1.54, 1.807) is 11.8 Å². The first-order chi connectivity index (χ1) is 9.92. The van der Waals surface area contributed by atoms with Crippen LogP contribution in [0.5, 0.6) is 0 Å². The zero-order chi connectivity index (χ0) is 15.8. The highest BCUT2D eigenvalue weighted by Crippen LogP contribution is 2.26. The van der Waals surface area contributed by atoms with Crippen LogP contribution in [-0.2, 0) is 9.59 Å². The summed E-state index contributed by atoms with van der Waals surface area (Å²) in [6.45, 7) is 0. The highest BCUT2D eigenvalue weighted by atomic mass is 32.2. The lowest BCUT2D eigenvalue weighted by molar-refractivity contribution is -0.140. The van der Waals surface area contributed by atoms with Crippen molar-refractivity contribution in [1.82, 2.24) is 10.6 Å². The van der Waals surface area contributed by atoms with Gasteiger partial charge < -0.3 is 20.8 Å². The molecule has 120 valence electrons. The summed E-state index contributed by atoms with van der Waals surface area (Å²) in [5.74, 6) is -2.31. The third kappa shape index (κ3) is 6.70. The van der Waals surface area contributed by atoms with Gasteiger partial charge in [0.25, 0.3) is 0 Å². The van der Waals surface area contributed by atoms with Gasteiger partial charge in [-0.15, -0.1) is 0 Å². The summed E-state index contributed by atoms with van der Waals surface area (Å²) in [5, 5.41) is 23.2. The molecule has 4 N–H and O–H groups in total. The van der Waals surface area contributed by atoms with E-state index in [0.29, 0.717) is 5.25 Å². The van der Waals surface area contributed by atoms with E-state index >= 15 is 0 Å². The molecule has 0 bridgehead atoms. The Labute approximate surface area is 127 Å². The lowest BCUT2D eigenvalue weighted by Crippen LogP contribution is -2.50. The van der Waals surface area contributed by atoms with Crippen LogP contribution in [0.4, 0.5) is 4.79 Å². The maximum atomic E-state index is 11.8. The molecule has 8 heteroatoms. The highest BCUT2D eigenvalue weighted by Gasteiger charge is 2.25. The van der Waals surface area contributed by atoms with Crippen molar-refractivity contribution in [3.63, 3.8) is 0 Å². The zero-order valence-electron chi connectivity index (χ0n) is 12.0. The summed E-state index contributed by atoms with van der Waals surface area (Å²) in [6.07, 6.45) is 5.55. The van der Waals surface area contributed by atoms with Crippen LogP contribution >= 0.6 is 11.8 Å². The number of urea groups is 1. The SMILES string of the molecule is CSC1CCCC(NC(=O)NC(CCC(=O)O)C(=O)O)C1. The molecule has 3 atom stereocenters. The van der Waals surface area contributed by atoms with Crippen molar-refractivity contribution in [2.24, 2.45) is 0 Å². The van der Waals surface area contributed by atoms with E-state index in [9.17, 15) is 14.4 Å². The average Bonchev–Trinajstić information content (AvgIpc) is 2.43. The maximum absolute atomic E-state index is 11.8. The van der Waals surface area contributed by atoms with Crippen LogP contribution in [0.25, 0.3) is 0 Å². The first-order valence-corrected chi connectivity index (χ1v) is 8.25. The molecule has 0 spiro atoms. The number of aliphatic carboxylic acids is 2. The molecule has 0 aliphatic heterocycles. The van der Waals surface area contributed by atoms with E-state index in [4.69, 9.17) is 10.2 Å². The Kier molecular flexibility index (Phi) is 7.35. The molecule has 3 unspecified atom stereocenters. The molecule has 7 nitrogen and oxygen atoms in total. The summed E-state index contributed by atoms with van der Waals surface area (Å²) in [7, 11) is 0. The zero-order valence-corrected chi connectivity index (χ0v) is 12.8. The molecular weight excluding hydrogens is 296 g/mol. The molecule has 1 aliphatic carbocycles. The molecule has 1 saturated carbocycles. The van der Waals surface area contributed by atoms with Crippen LogP contribution in [0.15, 0.2) is 0 Å². The number of carboxylic acid groups (broad SMARTS) is 2. The van der Waals surface area contributed by atoms with Crippen molar-refractivity contribution in [3.8, 4) is 0 Å². The monoisotopic (exact) mass is 318 g/mol. The van der Waals surface area contributed by atoms with Crippen molar-refractivity contribution in [1.29, 1.82) is 0 Å². The van der Waals surface area contributed by atoms with Gasteiger partial charge >= 0.3 is 18.0 Å². The van der Waals surface area contributed by atoms with Crippen molar-refractivity contribution >= 4 is 29.7 Å². The minimum absolute atomic E-state index is 0.0464. The quantitative estimate of drug-likeness (QED) is 0.562. The van der Waals surface area contributed by atoms with Gasteiger partial charge in [0.2, 0.25) is 0 Å². The fraction of sp³-hybridized carbons (Fsp3) is 0.769. The second kappa shape index (κ2) is 8.76. The van der Waals surface area contributed by atoms with Crippen LogP contribution in [-0.4, -0.2) is 51.8 Å². The Morgan fingerprint density at radius 3 is 2.57 bits per heavy atom. The number of hydrogen-bond acceptors (Lipinski definition) is 4. The van der Waals surface area contributed by atoms with Crippen LogP contribution in [0.3, 0.4) is 0 Å². The van der Waals surface area contributed by atoms with Gasteiger partial charge in [0.15, 0.2) is 0 Å². The Hall–Kier alpha value is -1.44. The summed E-state index contributed by atoms with van der Waals surface area (Å²) < 4.78 is 0. The molecule has 1 aliphatic rings. The van der Waals surface area contributed by atoms with Crippen molar-refractivity contribution in [3.05, 3.63) is 0 Å². The summed E-state index contributed by atoms with van der Waals surface area (Å²) in [5.41, 5.74) is 0. The summed E-state index contributed by atoms with van der Waals surface area (Å²) >= 11 is 1.78. The molecule has 1 rings (SSSR count). The number of nitrogens with one attached hydrogen (secondary N) is 2. The summed E-state index contributed by atoms with van der Waals surface area (Å²) in [6, 6.07) is -1.68. The number of carboxylic acids is 2. The molecule has 21 heavy (non-hydrogen) atoms. The largest absolute Gasteiger partial charge is 0.481 e.